The average Bonchev–Trinajstić information content (AvgIpc) is 2.28. The number of carbonyl (C=O) groups is 2. The van der Waals surface area contributed by atoms with E-state index in [-0.39, 0.29) is 24.3 Å². The summed E-state index contributed by atoms with van der Waals surface area (Å²) in [6.45, 7) is 5.38. The third-order valence-corrected chi connectivity index (χ3v) is 3.00. The minimum Gasteiger partial charge on any atom is -0.481 e. The fraction of sp³-hybridized carbons (Fsp3) is 0.833. The van der Waals surface area contributed by atoms with Gasteiger partial charge in [-0.15, -0.1) is 0 Å². The quantitative estimate of drug-likeness (QED) is 0.786. The molecule has 17 heavy (non-hydrogen) atoms. The van der Waals surface area contributed by atoms with Crippen molar-refractivity contribution in [3.8, 4) is 0 Å². The zero-order valence-corrected chi connectivity index (χ0v) is 10.5. The number of carbonyl (C=O) groups excluding carboxylic acids is 1. The van der Waals surface area contributed by atoms with Gasteiger partial charge in [-0.25, -0.2) is 0 Å². The van der Waals surface area contributed by atoms with Gasteiger partial charge >= 0.3 is 5.97 Å². The summed E-state index contributed by atoms with van der Waals surface area (Å²) in [5.74, 6) is -0.750. The number of carboxylic acid groups (broad SMARTS) is 1. The minimum atomic E-state index is -0.883. The number of rotatable bonds is 5. The van der Waals surface area contributed by atoms with Crippen molar-refractivity contribution in [2.75, 3.05) is 19.7 Å². The molecule has 5 nitrogen and oxygen atoms in total. The molecule has 0 bridgehead atoms. The largest absolute Gasteiger partial charge is 0.481 e. The topological polar surface area (TPSA) is 66.8 Å². The van der Waals surface area contributed by atoms with E-state index in [2.05, 4.69) is 6.92 Å². The van der Waals surface area contributed by atoms with Crippen LogP contribution >= 0.6 is 0 Å². The second-order valence-electron chi connectivity index (χ2n) is 4.56. The highest BCUT2D eigenvalue weighted by Gasteiger charge is 2.27. The lowest BCUT2D eigenvalue weighted by Crippen LogP contribution is -2.48. The van der Waals surface area contributed by atoms with Crippen molar-refractivity contribution < 1.29 is 19.4 Å². The molecular weight excluding hydrogens is 222 g/mol. The molecule has 5 heteroatoms. The highest BCUT2D eigenvalue weighted by Crippen LogP contribution is 2.14. The molecule has 0 aromatic rings. The molecule has 2 unspecified atom stereocenters. The summed E-state index contributed by atoms with van der Waals surface area (Å²) in [7, 11) is 0. The van der Waals surface area contributed by atoms with Crippen LogP contribution in [0, 0.1) is 5.92 Å². The standard InChI is InChI=1S/C12H21NO4/c1-3-4-9(2)12(16)13-5-6-17-10(8-13)7-11(14)15/h9-10H,3-8H2,1-2H3,(H,14,15). The lowest BCUT2D eigenvalue weighted by molar-refractivity contribution is -0.149. The number of hydrogen-bond acceptors (Lipinski definition) is 3. The maximum Gasteiger partial charge on any atom is 0.306 e. The number of carboxylic acids is 1. The van der Waals surface area contributed by atoms with Crippen molar-refractivity contribution in [1.82, 2.24) is 4.90 Å². The fourth-order valence-electron chi connectivity index (χ4n) is 2.11. The van der Waals surface area contributed by atoms with Gasteiger partial charge in [0, 0.05) is 19.0 Å². The molecule has 0 radical (unpaired) electrons. The van der Waals surface area contributed by atoms with Gasteiger partial charge in [-0.2, -0.15) is 0 Å². The first-order valence-electron chi connectivity index (χ1n) is 6.16. The first-order chi connectivity index (χ1) is 8.04. The van der Waals surface area contributed by atoms with Gasteiger partial charge < -0.3 is 14.7 Å². The maximum absolute atomic E-state index is 12.0. The lowest BCUT2D eigenvalue weighted by Gasteiger charge is -2.33. The first kappa shape index (κ1) is 14.0. The van der Waals surface area contributed by atoms with Crippen molar-refractivity contribution in [2.45, 2.75) is 39.2 Å². The Labute approximate surface area is 102 Å². The minimum absolute atomic E-state index is 0.0172. The van der Waals surface area contributed by atoms with Crippen molar-refractivity contribution >= 4 is 11.9 Å². The van der Waals surface area contributed by atoms with Gasteiger partial charge in [0.25, 0.3) is 0 Å². The van der Waals surface area contributed by atoms with Crippen molar-refractivity contribution in [3.05, 3.63) is 0 Å². The van der Waals surface area contributed by atoms with Gasteiger partial charge in [0.05, 0.1) is 19.1 Å². The van der Waals surface area contributed by atoms with E-state index in [4.69, 9.17) is 9.84 Å². The molecular formula is C12H21NO4. The summed E-state index contributed by atoms with van der Waals surface area (Å²) in [5, 5.41) is 8.70. The monoisotopic (exact) mass is 243 g/mol. The van der Waals surface area contributed by atoms with Gasteiger partial charge in [0.2, 0.25) is 5.91 Å². The van der Waals surface area contributed by atoms with Crippen LogP contribution in [-0.2, 0) is 14.3 Å². The third-order valence-electron chi connectivity index (χ3n) is 3.00. The normalized spacial score (nSPS) is 22.2. The zero-order valence-electron chi connectivity index (χ0n) is 10.5. The molecule has 0 saturated carbocycles. The van der Waals surface area contributed by atoms with E-state index in [1.165, 1.54) is 0 Å². The molecule has 0 aromatic carbocycles. The van der Waals surface area contributed by atoms with E-state index in [1.54, 1.807) is 4.90 Å². The molecule has 1 aliphatic heterocycles. The third kappa shape index (κ3) is 4.34. The molecule has 0 aromatic heterocycles. The van der Waals surface area contributed by atoms with Gasteiger partial charge in [0.15, 0.2) is 0 Å². The maximum atomic E-state index is 12.0. The van der Waals surface area contributed by atoms with E-state index in [0.29, 0.717) is 19.7 Å². The number of hydrogen-bond donors (Lipinski definition) is 1. The summed E-state index contributed by atoms with van der Waals surface area (Å²) in [6.07, 6.45) is 1.46. The summed E-state index contributed by atoms with van der Waals surface area (Å²) in [4.78, 5) is 24.4. The molecule has 98 valence electrons. The molecule has 1 saturated heterocycles. The number of morpholine rings is 1. The Morgan fingerprint density at radius 2 is 2.24 bits per heavy atom. The van der Waals surface area contributed by atoms with Crippen molar-refractivity contribution in [3.63, 3.8) is 0 Å². The summed E-state index contributed by atoms with van der Waals surface area (Å²) in [5.41, 5.74) is 0. The highest BCUT2D eigenvalue weighted by molar-refractivity contribution is 5.78. The van der Waals surface area contributed by atoms with Gasteiger partial charge in [-0.1, -0.05) is 20.3 Å². The zero-order chi connectivity index (χ0) is 12.8. The Morgan fingerprint density at radius 1 is 1.53 bits per heavy atom. The van der Waals surface area contributed by atoms with Crippen LogP contribution in [0.25, 0.3) is 0 Å². The Bertz CT molecular complexity index is 280. The van der Waals surface area contributed by atoms with Crippen LogP contribution in [0.15, 0.2) is 0 Å². The van der Waals surface area contributed by atoms with Crippen LogP contribution in [0.3, 0.4) is 0 Å². The molecule has 2 atom stereocenters. The predicted octanol–water partition coefficient (Wildman–Crippen LogP) is 1.12. The van der Waals surface area contributed by atoms with Crippen LogP contribution < -0.4 is 0 Å². The number of amides is 1. The number of aliphatic carboxylic acids is 1. The van der Waals surface area contributed by atoms with E-state index >= 15 is 0 Å². The summed E-state index contributed by atoms with van der Waals surface area (Å²) in [6, 6.07) is 0. The fourth-order valence-corrected chi connectivity index (χ4v) is 2.11. The molecule has 1 amide bonds. The van der Waals surface area contributed by atoms with Gasteiger partial charge in [-0.3, -0.25) is 9.59 Å². The SMILES string of the molecule is CCCC(C)C(=O)N1CCOC(CC(=O)O)C1. The Kier molecular flexibility index (Phi) is 5.41. The molecule has 1 fully saturated rings. The lowest BCUT2D eigenvalue weighted by atomic mass is 10.0. The van der Waals surface area contributed by atoms with Crippen LogP contribution in [0.4, 0.5) is 0 Å². The Hall–Kier alpha value is -1.10. The van der Waals surface area contributed by atoms with Gasteiger partial charge in [0.1, 0.15) is 0 Å². The van der Waals surface area contributed by atoms with Crippen LogP contribution in [-0.4, -0.2) is 47.7 Å². The summed E-state index contributed by atoms with van der Waals surface area (Å²) < 4.78 is 5.33. The van der Waals surface area contributed by atoms with E-state index in [0.717, 1.165) is 12.8 Å². The van der Waals surface area contributed by atoms with Crippen LogP contribution in [0.5, 0.6) is 0 Å². The number of nitrogens with zero attached hydrogens (tertiary/aromatic N) is 1. The van der Waals surface area contributed by atoms with Crippen LogP contribution in [0.2, 0.25) is 0 Å². The van der Waals surface area contributed by atoms with E-state index in [9.17, 15) is 9.59 Å². The van der Waals surface area contributed by atoms with E-state index in [1.807, 2.05) is 6.92 Å². The smallest absolute Gasteiger partial charge is 0.306 e. The summed E-state index contributed by atoms with van der Waals surface area (Å²) >= 11 is 0. The molecule has 0 spiro atoms. The van der Waals surface area contributed by atoms with Crippen LogP contribution in [0.1, 0.15) is 33.1 Å². The Morgan fingerprint density at radius 3 is 2.82 bits per heavy atom. The predicted molar refractivity (Wildman–Crippen MR) is 62.6 cm³/mol. The molecule has 0 aliphatic carbocycles. The average molecular weight is 243 g/mol. The number of ether oxygens (including phenoxy) is 1. The highest BCUT2D eigenvalue weighted by atomic mass is 16.5. The van der Waals surface area contributed by atoms with Crippen molar-refractivity contribution in [2.24, 2.45) is 5.92 Å². The molecule has 1 aliphatic rings. The molecule has 1 rings (SSSR count). The molecule has 1 heterocycles. The van der Waals surface area contributed by atoms with Crippen molar-refractivity contribution in [1.29, 1.82) is 0 Å². The van der Waals surface area contributed by atoms with Gasteiger partial charge in [-0.05, 0) is 6.42 Å². The second kappa shape index (κ2) is 6.59. The van der Waals surface area contributed by atoms with E-state index < -0.39 is 5.97 Å². The first-order valence-corrected chi connectivity index (χ1v) is 6.16. The second-order valence-corrected chi connectivity index (χ2v) is 4.56. The Balaban J connectivity index is 2.48. The molecule has 1 N–H and O–H groups in total.